The Morgan fingerprint density at radius 3 is 2.57 bits per heavy atom. The third-order valence-electron chi connectivity index (χ3n) is 4.80. The standard InChI is InChI=1S/C20H17N3O5/c1-27-11-6-5-10(13(8-11)28-2)9-23-19(25)14-15(20(23)26)18(24)17-12(16(14)21)4-3-7-22-17/h3-8,21,25-26H,9H2,1-2H3. The van der Waals surface area contributed by atoms with E-state index in [9.17, 15) is 15.0 Å². The lowest BCUT2D eigenvalue weighted by atomic mass is 9.89. The lowest BCUT2D eigenvalue weighted by Gasteiger charge is -2.14. The van der Waals surface area contributed by atoms with Crippen molar-refractivity contribution in [1.29, 1.82) is 5.41 Å². The molecule has 2 heterocycles. The zero-order valence-corrected chi connectivity index (χ0v) is 15.2. The largest absolute Gasteiger partial charge is 0.497 e. The third kappa shape index (κ3) is 2.42. The Morgan fingerprint density at radius 2 is 1.86 bits per heavy atom. The first-order chi connectivity index (χ1) is 13.5. The summed E-state index contributed by atoms with van der Waals surface area (Å²) in [6, 6.07) is 8.34. The number of methoxy groups -OCH3 is 2. The second kappa shape index (κ2) is 6.41. The zero-order chi connectivity index (χ0) is 20.0. The molecule has 0 unspecified atom stereocenters. The Labute approximate surface area is 160 Å². The maximum atomic E-state index is 12.8. The predicted molar refractivity (Wildman–Crippen MR) is 100 cm³/mol. The van der Waals surface area contributed by atoms with Crippen LogP contribution < -0.4 is 9.47 Å². The van der Waals surface area contributed by atoms with Gasteiger partial charge in [0.2, 0.25) is 17.5 Å². The number of rotatable bonds is 4. The summed E-state index contributed by atoms with van der Waals surface area (Å²) in [6.45, 7) is 0.0299. The van der Waals surface area contributed by atoms with E-state index in [0.29, 0.717) is 22.6 Å². The molecule has 3 N–H and O–H groups in total. The van der Waals surface area contributed by atoms with Gasteiger partial charge in [-0.3, -0.25) is 19.8 Å². The number of ketones is 1. The lowest BCUT2D eigenvalue weighted by Crippen LogP contribution is -2.20. The van der Waals surface area contributed by atoms with Crippen molar-refractivity contribution in [3.05, 3.63) is 64.5 Å². The summed E-state index contributed by atoms with van der Waals surface area (Å²) in [5.41, 5.74) is 0.849. The minimum Gasteiger partial charge on any atom is -0.497 e. The molecule has 0 bridgehead atoms. The number of carbonyl (C=O) groups excluding carboxylic acids is 1. The number of pyridine rings is 1. The van der Waals surface area contributed by atoms with Gasteiger partial charge in [0.25, 0.3) is 0 Å². The summed E-state index contributed by atoms with van der Waals surface area (Å²) in [5.74, 6) is -0.222. The Hall–Kier alpha value is -3.81. The molecule has 4 rings (SSSR count). The third-order valence-corrected chi connectivity index (χ3v) is 4.80. The minimum atomic E-state index is -0.533. The van der Waals surface area contributed by atoms with Gasteiger partial charge in [-0.1, -0.05) is 0 Å². The summed E-state index contributed by atoms with van der Waals surface area (Å²) in [4.78, 5) is 16.8. The predicted octanol–water partition coefficient (Wildman–Crippen LogP) is 2.32. The van der Waals surface area contributed by atoms with Gasteiger partial charge >= 0.3 is 0 Å². The lowest BCUT2D eigenvalue weighted by molar-refractivity contribution is 0.103. The number of hydrogen-bond donors (Lipinski definition) is 3. The van der Waals surface area contributed by atoms with Gasteiger partial charge in [-0.25, -0.2) is 0 Å². The highest BCUT2D eigenvalue weighted by molar-refractivity contribution is 6.30. The van der Waals surface area contributed by atoms with Gasteiger partial charge in [0.1, 0.15) is 17.2 Å². The van der Waals surface area contributed by atoms with Crippen molar-refractivity contribution >= 4 is 11.5 Å². The quantitative estimate of drug-likeness (QED) is 0.501. The van der Waals surface area contributed by atoms with Crippen LogP contribution in [0.3, 0.4) is 0 Å². The van der Waals surface area contributed by atoms with E-state index >= 15 is 0 Å². The van der Waals surface area contributed by atoms with Gasteiger partial charge in [0, 0.05) is 23.4 Å². The molecule has 28 heavy (non-hydrogen) atoms. The zero-order valence-electron chi connectivity index (χ0n) is 15.2. The molecule has 3 aromatic rings. The average Bonchev–Trinajstić information content (AvgIpc) is 2.97. The number of aromatic nitrogens is 2. The molecule has 142 valence electrons. The fraction of sp³-hybridized carbons (Fsp3) is 0.150. The Balaban J connectivity index is 1.84. The van der Waals surface area contributed by atoms with Crippen LogP contribution in [0.5, 0.6) is 23.3 Å². The van der Waals surface area contributed by atoms with E-state index in [0.717, 1.165) is 0 Å². The summed E-state index contributed by atoms with van der Waals surface area (Å²) >= 11 is 0. The van der Waals surface area contributed by atoms with Gasteiger partial charge in [-0.2, -0.15) is 0 Å². The Bertz CT molecular complexity index is 1070. The van der Waals surface area contributed by atoms with Crippen molar-refractivity contribution in [1.82, 2.24) is 9.55 Å². The summed E-state index contributed by atoms with van der Waals surface area (Å²) in [7, 11) is 3.04. The van der Waals surface area contributed by atoms with Crippen LogP contribution in [-0.4, -0.2) is 45.5 Å². The number of ether oxygens (including phenoxy) is 2. The molecule has 0 amide bonds. The molecule has 1 aliphatic carbocycles. The van der Waals surface area contributed by atoms with Crippen molar-refractivity contribution in [2.45, 2.75) is 6.54 Å². The molecule has 0 atom stereocenters. The highest BCUT2D eigenvalue weighted by Crippen LogP contribution is 2.41. The van der Waals surface area contributed by atoms with Crippen LogP contribution in [0, 0.1) is 5.41 Å². The molecule has 0 spiro atoms. The van der Waals surface area contributed by atoms with Crippen molar-refractivity contribution in [2.75, 3.05) is 14.2 Å². The molecule has 0 fully saturated rings. The van der Waals surface area contributed by atoms with Gasteiger partial charge in [-0.15, -0.1) is 0 Å². The molecule has 0 aliphatic heterocycles. The number of carbonyl (C=O) groups is 1. The fourth-order valence-electron chi connectivity index (χ4n) is 3.39. The first-order valence-electron chi connectivity index (χ1n) is 8.42. The van der Waals surface area contributed by atoms with E-state index in [1.807, 2.05) is 0 Å². The number of nitrogens with zero attached hydrogens (tertiary/aromatic N) is 2. The first kappa shape index (κ1) is 17.6. The first-order valence-corrected chi connectivity index (χ1v) is 8.42. The van der Waals surface area contributed by atoms with Gasteiger partial charge in [0.05, 0.1) is 37.6 Å². The monoisotopic (exact) mass is 379 g/mol. The molecule has 8 nitrogen and oxygen atoms in total. The van der Waals surface area contributed by atoms with E-state index in [4.69, 9.17) is 14.9 Å². The SMILES string of the molecule is COc1ccc(Cn2c(O)c3c(c2O)C(=O)c2ncccc2C3=N)c(OC)c1. The molecule has 8 heteroatoms. The van der Waals surface area contributed by atoms with Crippen LogP contribution in [0.1, 0.15) is 32.7 Å². The number of hydrogen-bond acceptors (Lipinski definition) is 7. The Kier molecular flexibility index (Phi) is 4.03. The maximum Gasteiger partial charge on any atom is 0.218 e. The highest BCUT2D eigenvalue weighted by atomic mass is 16.5. The van der Waals surface area contributed by atoms with Crippen molar-refractivity contribution in [2.24, 2.45) is 0 Å². The van der Waals surface area contributed by atoms with Crippen molar-refractivity contribution in [3.63, 3.8) is 0 Å². The van der Waals surface area contributed by atoms with Crippen LogP contribution in [0.4, 0.5) is 0 Å². The summed E-state index contributed by atoms with van der Waals surface area (Å²) in [6.07, 6.45) is 1.45. The number of nitrogens with one attached hydrogen (secondary N) is 1. The molecular weight excluding hydrogens is 362 g/mol. The highest BCUT2D eigenvalue weighted by Gasteiger charge is 2.37. The van der Waals surface area contributed by atoms with Gasteiger partial charge < -0.3 is 19.7 Å². The topological polar surface area (TPSA) is 118 Å². The molecular formula is C20H17N3O5. The molecule has 1 aliphatic rings. The van der Waals surface area contributed by atoms with E-state index < -0.39 is 11.7 Å². The van der Waals surface area contributed by atoms with Gasteiger partial charge in [0.15, 0.2) is 0 Å². The summed E-state index contributed by atoms with van der Waals surface area (Å²) in [5, 5.41) is 29.8. The van der Waals surface area contributed by atoms with E-state index in [1.54, 1.807) is 30.3 Å². The summed E-state index contributed by atoms with van der Waals surface area (Å²) < 4.78 is 11.7. The smallest absolute Gasteiger partial charge is 0.218 e. The maximum absolute atomic E-state index is 12.8. The number of aromatic hydroxyl groups is 2. The van der Waals surface area contributed by atoms with Crippen LogP contribution in [0.2, 0.25) is 0 Å². The molecule has 0 saturated heterocycles. The van der Waals surface area contributed by atoms with E-state index in [1.165, 1.54) is 25.0 Å². The minimum absolute atomic E-state index is 0.00419. The van der Waals surface area contributed by atoms with Crippen molar-refractivity contribution in [3.8, 4) is 23.3 Å². The van der Waals surface area contributed by atoms with Crippen molar-refractivity contribution < 1.29 is 24.5 Å². The van der Waals surface area contributed by atoms with Crippen LogP contribution >= 0.6 is 0 Å². The van der Waals surface area contributed by atoms with Crippen LogP contribution in [0.15, 0.2) is 36.5 Å². The van der Waals surface area contributed by atoms with E-state index in [-0.39, 0.29) is 35.0 Å². The normalized spacial score (nSPS) is 12.5. The molecule has 0 radical (unpaired) electrons. The number of benzene rings is 1. The average molecular weight is 379 g/mol. The van der Waals surface area contributed by atoms with Gasteiger partial charge in [-0.05, 0) is 24.3 Å². The second-order valence-electron chi connectivity index (χ2n) is 6.26. The van der Waals surface area contributed by atoms with Crippen LogP contribution in [0.25, 0.3) is 0 Å². The second-order valence-corrected chi connectivity index (χ2v) is 6.26. The molecule has 0 saturated carbocycles. The van der Waals surface area contributed by atoms with Crippen LogP contribution in [-0.2, 0) is 6.54 Å². The molecule has 2 aromatic heterocycles. The fourth-order valence-corrected chi connectivity index (χ4v) is 3.39. The van der Waals surface area contributed by atoms with E-state index in [2.05, 4.69) is 4.98 Å². The Morgan fingerprint density at radius 1 is 1.11 bits per heavy atom. The molecule has 1 aromatic carbocycles. The number of fused-ring (bicyclic) bond motifs is 2.